The fraction of sp³-hybridized carbons (Fsp3) is 0.150. The number of rotatable bonds is 5. The lowest BCUT2D eigenvalue weighted by Gasteiger charge is -2.04. The first-order valence-electron chi connectivity index (χ1n) is 8.30. The molecule has 2 aromatic heterocycles. The molecule has 130 valence electrons. The van der Waals surface area contributed by atoms with Crippen LogP contribution in [-0.4, -0.2) is 32.6 Å². The molecule has 0 radical (unpaired) electrons. The Kier molecular flexibility index (Phi) is 4.01. The molecule has 6 heteroatoms. The van der Waals surface area contributed by atoms with Gasteiger partial charge in [0.1, 0.15) is 17.2 Å². The van der Waals surface area contributed by atoms with Crippen molar-refractivity contribution in [1.29, 1.82) is 0 Å². The third-order valence-electron chi connectivity index (χ3n) is 4.29. The number of ether oxygens (including phenoxy) is 1. The minimum Gasteiger partial charge on any atom is -0.492 e. The summed E-state index contributed by atoms with van der Waals surface area (Å²) >= 11 is 0. The fourth-order valence-corrected chi connectivity index (χ4v) is 3.11. The van der Waals surface area contributed by atoms with Gasteiger partial charge >= 0.3 is 0 Å². The lowest BCUT2D eigenvalue weighted by molar-refractivity contribution is 0.0979. The molecular formula is C20H18N4O2. The van der Waals surface area contributed by atoms with E-state index in [9.17, 15) is 4.79 Å². The maximum atomic E-state index is 12.9. The Bertz CT molecular complexity index is 1050. The standard InChI is InChI=1S/C20H18N4O2/c1-24-19(20(26-2)18(23-24)13-8-4-3-5-9-13)16(25)12-17-21-14-10-6-7-11-15(14)22-17/h3-11H,12H2,1-2H3,(H,21,22). The number of imidazole rings is 1. The summed E-state index contributed by atoms with van der Waals surface area (Å²) < 4.78 is 7.11. The number of para-hydroxylation sites is 2. The predicted octanol–water partition coefficient (Wildman–Crippen LogP) is 3.40. The number of methoxy groups -OCH3 is 1. The molecule has 0 bridgehead atoms. The molecule has 0 aliphatic rings. The van der Waals surface area contributed by atoms with E-state index in [0.29, 0.717) is 23.0 Å². The van der Waals surface area contributed by atoms with E-state index in [-0.39, 0.29) is 12.2 Å². The van der Waals surface area contributed by atoms with Gasteiger partial charge in [0.25, 0.3) is 0 Å². The second kappa shape index (κ2) is 6.48. The molecule has 26 heavy (non-hydrogen) atoms. The topological polar surface area (TPSA) is 72.8 Å². The number of Topliss-reactive ketones (excluding diaryl/α,β-unsaturated/α-hetero) is 1. The van der Waals surface area contributed by atoms with E-state index in [1.165, 1.54) is 0 Å². The highest BCUT2D eigenvalue weighted by Crippen LogP contribution is 2.32. The van der Waals surface area contributed by atoms with E-state index in [2.05, 4.69) is 15.1 Å². The third-order valence-corrected chi connectivity index (χ3v) is 4.29. The van der Waals surface area contributed by atoms with E-state index < -0.39 is 0 Å². The van der Waals surface area contributed by atoms with Gasteiger partial charge in [-0.2, -0.15) is 5.10 Å². The molecule has 0 atom stereocenters. The maximum absolute atomic E-state index is 12.9. The van der Waals surface area contributed by atoms with Crippen molar-refractivity contribution < 1.29 is 9.53 Å². The highest BCUT2D eigenvalue weighted by atomic mass is 16.5. The van der Waals surface area contributed by atoms with Crippen LogP contribution >= 0.6 is 0 Å². The second-order valence-electron chi connectivity index (χ2n) is 6.02. The summed E-state index contributed by atoms with van der Waals surface area (Å²) in [7, 11) is 3.31. The van der Waals surface area contributed by atoms with Crippen molar-refractivity contribution in [2.75, 3.05) is 7.11 Å². The molecule has 0 aliphatic heterocycles. The zero-order chi connectivity index (χ0) is 18.1. The summed E-state index contributed by atoms with van der Waals surface area (Å²) in [5.41, 5.74) is 3.76. The summed E-state index contributed by atoms with van der Waals surface area (Å²) in [6, 6.07) is 17.4. The first-order valence-corrected chi connectivity index (χ1v) is 8.30. The molecule has 4 rings (SSSR count). The number of ketones is 1. The number of hydrogen-bond acceptors (Lipinski definition) is 4. The van der Waals surface area contributed by atoms with Gasteiger partial charge in [0.15, 0.2) is 11.5 Å². The first-order chi connectivity index (χ1) is 12.7. The molecule has 0 aliphatic carbocycles. The molecule has 4 aromatic rings. The molecular weight excluding hydrogens is 328 g/mol. The number of carbonyl (C=O) groups excluding carboxylic acids is 1. The molecule has 0 saturated carbocycles. The van der Waals surface area contributed by atoms with E-state index in [1.54, 1.807) is 18.8 Å². The van der Waals surface area contributed by atoms with Gasteiger partial charge in [-0.15, -0.1) is 0 Å². The van der Waals surface area contributed by atoms with Crippen LogP contribution in [0.25, 0.3) is 22.3 Å². The Morgan fingerprint density at radius 3 is 2.58 bits per heavy atom. The number of aryl methyl sites for hydroxylation is 1. The van der Waals surface area contributed by atoms with Gasteiger partial charge in [-0.05, 0) is 12.1 Å². The van der Waals surface area contributed by atoms with E-state index in [4.69, 9.17) is 4.74 Å². The summed E-state index contributed by atoms with van der Waals surface area (Å²) in [5.74, 6) is 1.01. The Morgan fingerprint density at radius 1 is 1.12 bits per heavy atom. The van der Waals surface area contributed by atoms with Gasteiger partial charge in [-0.25, -0.2) is 4.98 Å². The van der Waals surface area contributed by atoms with Gasteiger partial charge in [-0.1, -0.05) is 42.5 Å². The summed E-state index contributed by atoms with van der Waals surface area (Å²) in [6.07, 6.45) is 0.152. The Morgan fingerprint density at radius 2 is 1.85 bits per heavy atom. The fourth-order valence-electron chi connectivity index (χ4n) is 3.11. The zero-order valence-electron chi connectivity index (χ0n) is 14.6. The number of hydrogen-bond donors (Lipinski definition) is 1. The summed E-state index contributed by atoms with van der Waals surface area (Å²) in [4.78, 5) is 20.6. The Hall–Kier alpha value is -3.41. The molecule has 0 amide bonds. The van der Waals surface area contributed by atoms with Crippen molar-refractivity contribution in [3.8, 4) is 17.0 Å². The minimum atomic E-state index is -0.0990. The van der Waals surface area contributed by atoms with Gasteiger partial charge in [0.05, 0.1) is 24.6 Å². The number of nitrogens with one attached hydrogen (secondary N) is 1. The quantitative estimate of drug-likeness (QED) is 0.562. The number of fused-ring (bicyclic) bond motifs is 1. The van der Waals surface area contributed by atoms with Crippen LogP contribution in [0.2, 0.25) is 0 Å². The number of nitrogens with zero attached hydrogens (tertiary/aromatic N) is 3. The van der Waals surface area contributed by atoms with Crippen molar-refractivity contribution in [2.45, 2.75) is 6.42 Å². The van der Waals surface area contributed by atoms with Gasteiger partial charge < -0.3 is 9.72 Å². The molecule has 2 heterocycles. The minimum absolute atomic E-state index is 0.0990. The maximum Gasteiger partial charge on any atom is 0.192 e. The zero-order valence-corrected chi connectivity index (χ0v) is 14.6. The van der Waals surface area contributed by atoms with Crippen molar-refractivity contribution >= 4 is 16.8 Å². The number of H-pyrrole nitrogens is 1. The SMILES string of the molecule is COc1c(-c2ccccc2)nn(C)c1C(=O)Cc1nc2ccccc2[nH]1. The van der Waals surface area contributed by atoms with E-state index >= 15 is 0 Å². The Labute approximate surface area is 150 Å². The van der Waals surface area contributed by atoms with Crippen LogP contribution in [0.1, 0.15) is 16.3 Å². The molecule has 0 saturated heterocycles. The molecule has 0 spiro atoms. The lowest BCUT2D eigenvalue weighted by atomic mass is 10.1. The smallest absolute Gasteiger partial charge is 0.192 e. The highest BCUT2D eigenvalue weighted by Gasteiger charge is 2.24. The number of aromatic amines is 1. The number of aromatic nitrogens is 4. The number of carbonyl (C=O) groups is 1. The largest absolute Gasteiger partial charge is 0.492 e. The van der Waals surface area contributed by atoms with Crippen molar-refractivity contribution in [3.63, 3.8) is 0 Å². The van der Waals surface area contributed by atoms with E-state index in [1.807, 2.05) is 54.6 Å². The van der Waals surface area contributed by atoms with Crippen LogP contribution < -0.4 is 4.74 Å². The van der Waals surface area contributed by atoms with Crippen LogP contribution in [0.15, 0.2) is 54.6 Å². The normalized spacial score (nSPS) is 11.0. The summed E-state index contributed by atoms with van der Waals surface area (Å²) in [5, 5.41) is 4.50. The van der Waals surface area contributed by atoms with Gasteiger partial charge in [-0.3, -0.25) is 9.48 Å². The molecule has 1 N–H and O–H groups in total. The lowest BCUT2D eigenvalue weighted by Crippen LogP contribution is -2.11. The van der Waals surface area contributed by atoms with E-state index in [0.717, 1.165) is 16.6 Å². The first kappa shape index (κ1) is 16.1. The van der Waals surface area contributed by atoms with Crippen molar-refractivity contribution in [1.82, 2.24) is 19.7 Å². The van der Waals surface area contributed by atoms with Gasteiger partial charge in [0.2, 0.25) is 0 Å². The molecule has 0 unspecified atom stereocenters. The molecule has 0 fully saturated rings. The van der Waals surface area contributed by atoms with Crippen LogP contribution in [0.4, 0.5) is 0 Å². The summed E-state index contributed by atoms with van der Waals surface area (Å²) in [6.45, 7) is 0. The highest BCUT2D eigenvalue weighted by molar-refractivity contribution is 6.00. The van der Waals surface area contributed by atoms with Crippen LogP contribution in [0.3, 0.4) is 0 Å². The average Bonchev–Trinajstić information content (AvgIpc) is 3.22. The Balaban J connectivity index is 1.70. The monoisotopic (exact) mass is 346 g/mol. The number of benzene rings is 2. The molecule has 2 aromatic carbocycles. The van der Waals surface area contributed by atoms with Gasteiger partial charge in [0, 0.05) is 12.6 Å². The van der Waals surface area contributed by atoms with Crippen molar-refractivity contribution in [2.24, 2.45) is 7.05 Å². The average molecular weight is 346 g/mol. The third kappa shape index (κ3) is 2.75. The van der Waals surface area contributed by atoms with Crippen LogP contribution in [-0.2, 0) is 13.5 Å². The van der Waals surface area contributed by atoms with Crippen LogP contribution in [0.5, 0.6) is 5.75 Å². The second-order valence-corrected chi connectivity index (χ2v) is 6.02. The van der Waals surface area contributed by atoms with Crippen molar-refractivity contribution in [3.05, 3.63) is 66.1 Å². The molecule has 6 nitrogen and oxygen atoms in total. The predicted molar refractivity (Wildman–Crippen MR) is 99.3 cm³/mol. The van der Waals surface area contributed by atoms with Crippen LogP contribution in [0, 0.1) is 0 Å².